The highest BCUT2D eigenvalue weighted by molar-refractivity contribution is 5.82. The van der Waals surface area contributed by atoms with E-state index in [9.17, 15) is 9.18 Å². The lowest BCUT2D eigenvalue weighted by molar-refractivity contribution is -0.132. The minimum atomic E-state index is -0.196. The third kappa shape index (κ3) is 6.28. The summed E-state index contributed by atoms with van der Waals surface area (Å²) in [4.78, 5) is 23.3. The summed E-state index contributed by atoms with van der Waals surface area (Å²) in [6.45, 7) is 2.89. The number of anilines is 1. The van der Waals surface area contributed by atoms with E-state index < -0.39 is 0 Å². The molecule has 2 N–H and O–H groups in total. The topological polar surface area (TPSA) is 86.3 Å². The molecule has 1 unspecified atom stereocenters. The average Bonchev–Trinajstić information content (AvgIpc) is 3.34. The molecule has 1 atom stereocenters. The van der Waals surface area contributed by atoms with Gasteiger partial charge in [-0.25, -0.2) is 14.4 Å². The number of fused-ring (bicyclic) bond motifs is 1. The van der Waals surface area contributed by atoms with Crippen LogP contribution >= 0.6 is 0 Å². The molecule has 39 heavy (non-hydrogen) atoms. The second kappa shape index (κ2) is 12.4. The lowest BCUT2D eigenvalue weighted by Crippen LogP contribution is -2.39. The standard InChI is InChI=1S/C31H36FN5O2/c1-39-17-5-16-37-28-9-3-8-27(32)26(28)18-29(37)24-7-4-15-36(21-24)30(38)10-2-6-22-11-13-23(14-12-22)25-19-34-31(33)35-20-25/h3,8-9,11-14,18-20,24H,2,4-7,10,15-17,21H2,1H3,(H2,33,34,35). The van der Waals surface area contributed by atoms with Gasteiger partial charge < -0.3 is 19.9 Å². The Balaban J connectivity index is 1.19. The molecular weight excluding hydrogens is 493 g/mol. The Labute approximate surface area is 228 Å². The zero-order chi connectivity index (χ0) is 27.2. The summed E-state index contributed by atoms with van der Waals surface area (Å²) in [6.07, 6.45) is 8.41. The summed E-state index contributed by atoms with van der Waals surface area (Å²) in [5, 5.41) is 0.656. The van der Waals surface area contributed by atoms with Gasteiger partial charge in [-0.3, -0.25) is 4.79 Å². The first-order valence-corrected chi connectivity index (χ1v) is 13.7. The third-order valence-corrected chi connectivity index (χ3v) is 7.66. The summed E-state index contributed by atoms with van der Waals surface area (Å²) in [6, 6.07) is 15.6. The van der Waals surface area contributed by atoms with Gasteiger partial charge in [0.05, 0.1) is 5.52 Å². The zero-order valence-electron chi connectivity index (χ0n) is 22.5. The van der Waals surface area contributed by atoms with Crippen LogP contribution in [0, 0.1) is 5.82 Å². The van der Waals surface area contributed by atoms with Crippen molar-refractivity contribution in [2.24, 2.45) is 0 Å². The highest BCUT2D eigenvalue weighted by atomic mass is 19.1. The second-order valence-corrected chi connectivity index (χ2v) is 10.3. The van der Waals surface area contributed by atoms with Crippen LogP contribution < -0.4 is 5.73 Å². The molecule has 5 rings (SSSR count). The summed E-state index contributed by atoms with van der Waals surface area (Å²) in [5.74, 6) is 0.460. The Kier molecular flexibility index (Phi) is 8.51. The number of rotatable bonds is 10. The average molecular weight is 530 g/mol. The summed E-state index contributed by atoms with van der Waals surface area (Å²) in [7, 11) is 1.70. The normalized spacial score (nSPS) is 15.6. The van der Waals surface area contributed by atoms with E-state index in [0.717, 1.165) is 67.5 Å². The van der Waals surface area contributed by atoms with Crippen LogP contribution in [0.5, 0.6) is 0 Å². The van der Waals surface area contributed by atoms with E-state index in [-0.39, 0.29) is 23.6 Å². The number of nitrogens with zero attached hydrogens (tertiary/aromatic N) is 4. The summed E-state index contributed by atoms with van der Waals surface area (Å²) >= 11 is 0. The van der Waals surface area contributed by atoms with Crippen molar-refractivity contribution in [3.8, 4) is 11.1 Å². The van der Waals surface area contributed by atoms with Gasteiger partial charge in [0.25, 0.3) is 0 Å². The van der Waals surface area contributed by atoms with Gasteiger partial charge >= 0.3 is 0 Å². The van der Waals surface area contributed by atoms with Crippen LogP contribution in [0.2, 0.25) is 0 Å². The number of aryl methyl sites for hydroxylation is 2. The van der Waals surface area contributed by atoms with Gasteiger partial charge in [0.1, 0.15) is 5.82 Å². The number of hydrogen-bond acceptors (Lipinski definition) is 5. The molecule has 8 heteroatoms. The van der Waals surface area contributed by atoms with Crippen LogP contribution in [0.25, 0.3) is 22.0 Å². The molecular formula is C31H36FN5O2. The van der Waals surface area contributed by atoms with Crippen LogP contribution in [0.4, 0.5) is 10.3 Å². The SMILES string of the molecule is COCCCn1c(C2CCCN(C(=O)CCCc3ccc(-c4cnc(N)nc4)cc3)C2)cc2c(F)cccc21. The molecule has 2 aromatic carbocycles. The molecule has 0 radical (unpaired) electrons. The lowest BCUT2D eigenvalue weighted by Gasteiger charge is -2.33. The molecule has 1 fully saturated rings. The number of ether oxygens (including phenoxy) is 1. The molecule has 1 aliphatic heterocycles. The molecule has 0 saturated carbocycles. The minimum absolute atomic E-state index is 0.196. The van der Waals surface area contributed by atoms with Crippen molar-refractivity contribution in [3.05, 3.63) is 78.0 Å². The quantitative estimate of drug-likeness (QED) is 0.271. The zero-order valence-corrected chi connectivity index (χ0v) is 22.5. The van der Waals surface area contributed by atoms with Crippen molar-refractivity contribution in [1.82, 2.24) is 19.4 Å². The predicted molar refractivity (Wildman–Crippen MR) is 152 cm³/mol. The molecule has 3 heterocycles. The number of piperidine rings is 1. The maximum absolute atomic E-state index is 14.6. The Morgan fingerprint density at radius 1 is 1.10 bits per heavy atom. The number of likely N-dealkylation sites (tertiary alicyclic amines) is 1. The maximum atomic E-state index is 14.6. The summed E-state index contributed by atoms with van der Waals surface area (Å²) < 4.78 is 22.1. The fraction of sp³-hybridized carbons (Fsp3) is 0.387. The van der Waals surface area contributed by atoms with Crippen molar-refractivity contribution >= 4 is 22.8 Å². The van der Waals surface area contributed by atoms with Gasteiger partial charge in [0.15, 0.2) is 0 Å². The van der Waals surface area contributed by atoms with E-state index in [1.165, 1.54) is 11.6 Å². The maximum Gasteiger partial charge on any atom is 0.222 e. The van der Waals surface area contributed by atoms with Crippen molar-refractivity contribution in [2.75, 3.05) is 32.5 Å². The van der Waals surface area contributed by atoms with Gasteiger partial charge in [0.2, 0.25) is 11.9 Å². The Morgan fingerprint density at radius 3 is 2.67 bits per heavy atom. The van der Waals surface area contributed by atoms with Crippen LogP contribution in [-0.4, -0.2) is 52.1 Å². The molecule has 1 amide bonds. The molecule has 0 aliphatic carbocycles. The molecule has 0 bridgehead atoms. The monoisotopic (exact) mass is 529 g/mol. The predicted octanol–water partition coefficient (Wildman–Crippen LogP) is 5.59. The minimum Gasteiger partial charge on any atom is -0.385 e. The molecule has 204 valence electrons. The fourth-order valence-electron chi connectivity index (χ4n) is 5.62. The lowest BCUT2D eigenvalue weighted by atomic mass is 9.94. The first-order valence-electron chi connectivity index (χ1n) is 13.7. The second-order valence-electron chi connectivity index (χ2n) is 10.3. The van der Waals surface area contributed by atoms with Gasteiger partial charge in [0, 0.05) is 74.7 Å². The fourth-order valence-corrected chi connectivity index (χ4v) is 5.62. The van der Waals surface area contributed by atoms with Crippen molar-refractivity contribution in [1.29, 1.82) is 0 Å². The number of carbonyl (C=O) groups is 1. The highest BCUT2D eigenvalue weighted by Crippen LogP contribution is 2.33. The Hall–Kier alpha value is -3.78. The number of nitrogens with two attached hydrogens (primary N) is 1. The van der Waals surface area contributed by atoms with Crippen LogP contribution in [0.15, 0.2) is 60.9 Å². The molecule has 2 aromatic heterocycles. The van der Waals surface area contributed by atoms with E-state index in [1.54, 1.807) is 25.6 Å². The number of methoxy groups -OCH3 is 1. The van der Waals surface area contributed by atoms with Crippen LogP contribution in [-0.2, 0) is 22.5 Å². The largest absolute Gasteiger partial charge is 0.385 e. The Morgan fingerprint density at radius 2 is 1.90 bits per heavy atom. The molecule has 0 spiro atoms. The number of nitrogen functional groups attached to an aromatic ring is 1. The van der Waals surface area contributed by atoms with Gasteiger partial charge in [-0.1, -0.05) is 30.3 Å². The number of amides is 1. The number of benzene rings is 2. The first kappa shape index (κ1) is 26.8. The smallest absolute Gasteiger partial charge is 0.222 e. The highest BCUT2D eigenvalue weighted by Gasteiger charge is 2.27. The number of carbonyl (C=O) groups excluding carboxylic acids is 1. The molecule has 1 saturated heterocycles. The van der Waals surface area contributed by atoms with E-state index >= 15 is 0 Å². The van der Waals surface area contributed by atoms with Crippen molar-refractivity contribution in [3.63, 3.8) is 0 Å². The van der Waals surface area contributed by atoms with E-state index in [4.69, 9.17) is 10.5 Å². The van der Waals surface area contributed by atoms with Crippen LogP contribution in [0.3, 0.4) is 0 Å². The number of aromatic nitrogens is 3. The molecule has 1 aliphatic rings. The van der Waals surface area contributed by atoms with Gasteiger partial charge in [-0.05, 0) is 61.4 Å². The van der Waals surface area contributed by atoms with Crippen molar-refractivity contribution in [2.45, 2.75) is 51.0 Å². The third-order valence-electron chi connectivity index (χ3n) is 7.66. The Bertz CT molecular complexity index is 1400. The van der Waals surface area contributed by atoms with Gasteiger partial charge in [-0.2, -0.15) is 0 Å². The summed E-state index contributed by atoms with van der Waals surface area (Å²) in [5.41, 5.74) is 10.8. The van der Waals surface area contributed by atoms with Crippen LogP contribution in [0.1, 0.15) is 49.3 Å². The van der Waals surface area contributed by atoms with Crippen molar-refractivity contribution < 1.29 is 13.9 Å². The first-order chi connectivity index (χ1) is 19.0. The molecule has 7 nitrogen and oxygen atoms in total. The van der Waals surface area contributed by atoms with E-state index in [2.05, 4.69) is 38.8 Å². The van der Waals surface area contributed by atoms with Gasteiger partial charge in [-0.15, -0.1) is 0 Å². The number of halogens is 1. The van der Waals surface area contributed by atoms with E-state index in [1.807, 2.05) is 17.0 Å². The molecule has 4 aromatic rings. The number of hydrogen-bond donors (Lipinski definition) is 1. The van der Waals surface area contributed by atoms with E-state index in [0.29, 0.717) is 25.0 Å².